The second kappa shape index (κ2) is 7.29. The minimum atomic E-state index is -4.50. The lowest BCUT2D eigenvalue weighted by Gasteiger charge is -2.26. The zero-order valence-electron chi connectivity index (χ0n) is 15.6. The first-order valence-corrected chi connectivity index (χ1v) is 9.01. The number of anilines is 1. The van der Waals surface area contributed by atoms with E-state index in [2.05, 4.69) is 20.4 Å². The third-order valence-electron chi connectivity index (χ3n) is 4.82. The molecule has 30 heavy (non-hydrogen) atoms. The van der Waals surface area contributed by atoms with Gasteiger partial charge in [-0.2, -0.15) is 13.2 Å². The van der Waals surface area contributed by atoms with Gasteiger partial charge >= 0.3 is 6.18 Å². The van der Waals surface area contributed by atoms with Gasteiger partial charge in [0.1, 0.15) is 0 Å². The Kier molecular flexibility index (Phi) is 4.76. The summed E-state index contributed by atoms with van der Waals surface area (Å²) >= 11 is 0. The molecule has 0 aliphatic heterocycles. The highest BCUT2D eigenvalue weighted by Gasteiger charge is 2.44. The van der Waals surface area contributed by atoms with E-state index in [-0.39, 0.29) is 22.7 Å². The smallest absolute Gasteiger partial charge is 0.320 e. The van der Waals surface area contributed by atoms with E-state index in [1.807, 2.05) is 0 Å². The summed E-state index contributed by atoms with van der Waals surface area (Å²) in [6.45, 7) is 1.54. The number of imidazole rings is 1. The number of H-pyrrole nitrogens is 1. The number of halogens is 3. The van der Waals surface area contributed by atoms with Crippen LogP contribution >= 0.6 is 0 Å². The van der Waals surface area contributed by atoms with Gasteiger partial charge in [-0.05, 0) is 19.1 Å². The van der Waals surface area contributed by atoms with E-state index < -0.39 is 29.3 Å². The molecule has 1 amide bonds. The summed E-state index contributed by atoms with van der Waals surface area (Å²) in [5.74, 6) is -3.49. The molecule has 4 rings (SSSR count). The van der Waals surface area contributed by atoms with Crippen LogP contribution in [0.1, 0.15) is 27.8 Å². The summed E-state index contributed by atoms with van der Waals surface area (Å²) < 4.78 is 41.6. The Hall–Kier alpha value is -3.69. The highest BCUT2D eigenvalue weighted by molar-refractivity contribution is 6.04. The van der Waals surface area contributed by atoms with Crippen molar-refractivity contribution in [3.63, 3.8) is 0 Å². The first kappa shape index (κ1) is 19.6. The Morgan fingerprint density at radius 3 is 2.60 bits per heavy atom. The number of nitrogens with one attached hydrogen (secondary N) is 2. The molecular formula is C20H16F3N5O2. The predicted molar refractivity (Wildman–Crippen MR) is 103 cm³/mol. The monoisotopic (exact) mass is 415 g/mol. The number of nitrogens with zero attached hydrogens (tertiary/aromatic N) is 3. The maximum atomic E-state index is 13.5. The number of allylic oxidation sites excluding steroid dienone is 4. The zero-order chi connectivity index (χ0) is 21.5. The molecule has 2 N–H and O–H groups in total. The number of hydrogen-bond acceptors (Lipinski definition) is 4. The average Bonchev–Trinajstić information content (AvgIpc) is 3.04. The number of carbonyl (C=O) groups excluding carboxylic acids is 1. The van der Waals surface area contributed by atoms with E-state index in [0.717, 1.165) is 16.7 Å². The summed E-state index contributed by atoms with van der Waals surface area (Å²) in [6, 6.07) is 4.26. The molecule has 2 atom stereocenters. The lowest BCUT2D eigenvalue weighted by Crippen LogP contribution is -2.29. The second-order valence-corrected chi connectivity index (χ2v) is 6.83. The molecule has 0 saturated heterocycles. The maximum Gasteiger partial charge on any atom is 0.396 e. The highest BCUT2D eigenvalue weighted by atomic mass is 19.4. The van der Waals surface area contributed by atoms with Gasteiger partial charge in [0.2, 0.25) is 11.1 Å². The Morgan fingerprint density at radius 1 is 1.20 bits per heavy atom. The first-order valence-electron chi connectivity index (χ1n) is 9.01. The number of carbonyl (C=O) groups is 1. The van der Waals surface area contributed by atoms with E-state index in [1.165, 1.54) is 30.6 Å². The van der Waals surface area contributed by atoms with Gasteiger partial charge in [-0.25, -0.2) is 9.50 Å². The van der Waals surface area contributed by atoms with Gasteiger partial charge in [-0.3, -0.25) is 19.7 Å². The molecule has 154 valence electrons. The Bertz CT molecular complexity index is 1220. The van der Waals surface area contributed by atoms with Crippen LogP contribution in [0.5, 0.6) is 0 Å². The quantitative estimate of drug-likeness (QED) is 0.686. The molecule has 3 aromatic heterocycles. The van der Waals surface area contributed by atoms with E-state index >= 15 is 0 Å². The molecule has 0 radical (unpaired) electrons. The topological polar surface area (TPSA) is 92.1 Å². The van der Waals surface area contributed by atoms with Crippen LogP contribution in [0.3, 0.4) is 0 Å². The van der Waals surface area contributed by atoms with Crippen LogP contribution in [0.4, 0.5) is 18.9 Å². The number of aryl methyl sites for hydroxylation is 1. The van der Waals surface area contributed by atoms with Crippen LogP contribution in [0.2, 0.25) is 0 Å². The van der Waals surface area contributed by atoms with Gasteiger partial charge in [0, 0.05) is 35.8 Å². The Balaban J connectivity index is 1.81. The molecule has 1 aliphatic carbocycles. The number of pyridine rings is 1. The van der Waals surface area contributed by atoms with Crippen molar-refractivity contribution in [2.75, 3.05) is 5.32 Å². The molecule has 2 unspecified atom stereocenters. The number of rotatable bonds is 3. The molecule has 10 heteroatoms. The van der Waals surface area contributed by atoms with E-state index in [1.54, 1.807) is 19.1 Å². The number of hydrogen-bond donors (Lipinski definition) is 2. The number of aromatic nitrogens is 4. The molecule has 7 nitrogen and oxygen atoms in total. The molecule has 0 spiro atoms. The van der Waals surface area contributed by atoms with Crippen molar-refractivity contribution in [1.82, 2.24) is 19.6 Å². The van der Waals surface area contributed by atoms with Crippen LogP contribution in [0, 0.1) is 12.8 Å². The minimum absolute atomic E-state index is 0.0275. The molecule has 0 bridgehead atoms. The lowest BCUT2D eigenvalue weighted by atomic mass is 9.85. The van der Waals surface area contributed by atoms with Crippen LogP contribution in [-0.4, -0.2) is 31.7 Å². The average molecular weight is 415 g/mol. The number of aromatic amines is 1. The van der Waals surface area contributed by atoms with Crippen molar-refractivity contribution < 1.29 is 18.0 Å². The van der Waals surface area contributed by atoms with E-state index in [0.29, 0.717) is 5.69 Å². The largest absolute Gasteiger partial charge is 0.396 e. The summed E-state index contributed by atoms with van der Waals surface area (Å²) in [5, 5.41) is 5.45. The van der Waals surface area contributed by atoms with Crippen molar-refractivity contribution in [2.24, 2.45) is 5.92 Å². The van der Waals surface area contributed by atoms with Crippen molar-refractivity contribution in [1.29, 1.82) is 0 Å². The van der Waals surface area contributed by atoms with Gasteiger partial charge in [0.15, 0.2) is 5.69 Å². The van der Waals surface area contributed by atoms with Gasteiger partial charge in [0.25, 0.3) is 5.91 Å². The molecule has 1 aliphatic rings. The van der Waals surface area contributed by atoms with Crippen LogP contribution in [0.15, 0.2) is 59.7 Å². The minimum Gasteiger partial charge on any atom is -0.320 e. The molecular weight excluding hydrogens is 399 g/mol. The normalized spacial score (nSPS) is 18.7. The van der Waals surface area contributed by atoms with Crippen LogP contribution in [0.25, 0.3) is 5.65 Å². The fraction of sp³-hybridized carbons (Fsp3) is 0.200. The summed E-state index contributed by atoms with van der Waals surface area (Å²) in [4.78, 5) is 33.4. The molecule has 0 fully saturated rings. The van der Waals surface area contributed by atoms with Gasteiger partial charge in [-0.1, -0.05) is 24.3 Å². The highest BCUT2D eigenvalue weighted by Crippen LogP contribution is 2.40. The van der Waals surface area contributed by atoms with Crippen molar-refractivity contribution in [3.05, 3.63) is 82.2 Å². The molecule has 3 heterocycles. The third kappa shape index (κ3) is 3.51. The van der Waals surface area contributed by atoms with E-state index in [9.17, 15) is 22.8 Å². The number of alkyl halides is 3. The fourth-order valence-electron chi connectivity index (χ4n) is 3.45. The van der Waals surface area contributed by atoms with Gasteiger partial charge < -0.3 is 5.32 Å². The van der Waals surface area contributed by atoms with Gasteiger partial charge in [-0.15, -0.1) is 0 Å². The Morgan fingerprint density at radius 2 is 1.90 bits per heavy atom. The van der Waals surface area contributed by atoms with Crippen LogP contribution < -0.4 is 10.7 Å². The van der Waals surface area contributed by atoms with Crippen molar-refractivity contribution >= 4 is 17.2 Å². The summed E-state index contributed by atoms with van der Waals surface area (Å²) in [5.41, 5.74) is 0.137. The number of fused-ring (bicyclic) bond motifs is 1. The van der Waals surface area contributed by atoms with Crippen molar-refractivity contribution in [3.8, 4) is 0 Å². The fourth-order valence-corrected chi connectivity index (χ4v) is 3.45. The maximum absolute atomic E-state index is 13.5. The standard InChI is InChI=1S/C20H16F3N5O2/c1-11-17(19(30)26-12-6-8-24-9-7-12)28-18(25-11)16(29)10-15(27-28)13-4-2-3-5-14(13)20(21,22)23/h2-10,13-14,27H,1H3,(H,24,26,30). The molecule has 0 saturated carbocycles. The van der Waals surface area contributed by atoms with E-state index in [4.69, 9.17) is 0 Å². The summed E-state index contributed by atoms with van der Waals surface area (Å²) in [6.07, 6.45) is 3.73. The zero-order valence-corrected chi connectivity index (χ0v) is 15.6. The SMILES string of the molecule is Cc1nc2c(=O)cc(C3C=CC=CC3C(F)(F)F)[nH]n2c1C(=O)Nc1ccncc1. The second-order valence-electron chi connectivity index (χ2n) is 6.83. The number of amides is 1. The molecule has 3 aromatic rings. The lowest BCUT2D eigenvalue weighted by molar-refractivity contribution is -0.164. The van der Waals surface area contributed by atoms with Crippen LogP contribution in [-0.2, 0) is 0 Å². The summed E-state index contributed by atoms with van der Waals surface area (Å²) in [7, 11) is 0. The van der Waals surface area contributed by atoms with Gasteiger partial charge in [0.05, 0.1) is 11.6 Å². The third-order valence-corrected chi connectivity index (χ3v) is 4.82. The first-order chi connectivity index (χ1) is 14.3. The Labute approximate surface area is 168 Å². The van der Waals surface area contributed by atoms with Crippen molar-refractivity contribution in [2.45, 2.75) is 19.0 Å². The predicted octanol–water partition coefficient (Wildman–Crippen LogP) is 3.37. The molecule has 0 aromatic carbocycles.